The Bertz CT molecular complexity index is 699. The van der Waals surface area contributed by atoms with Crippen LogP contribution in [0.3, 0.4) is 0 Å². The molecule has 134 valence electrons. The maximum absolute atomic E-state index is 13.1. The number of hydrogen-bond acceptors (Lipinski definition) is 4. The number of benzene rings is 1. The predicted molar refractivity (Wildman–Crippen MR) is 95.1 cm³/mol. The number of aryl methyl sites for hydroxylation is 1. The van der Waals surface area contributed by atoms with Crippen molar-refractivity contribution in [2.45, 2.75) is 45.2 Å². The normalized spacial score (nSPS) is 17.0. The highest BCUT2D eigenvalue weighted by Gasteiger charge is 2.35. The van der Waals surface area contributed by atoms with E-state index in [1.54, 1.807) is 7.11 Å². The largest absolute Gasteiger partial charge is 0.383 e. The van der Waals surface area contributed by atoms with E-state index in [9.17, 15) is 4.79 Å². The van der Waals surface area contributed by atoms with E-state index in [-0.39, 0.29) is 11.9 Å². The molecule has 0 radical (unpaired) electrons. The van der Waals surface area contributed by atoms with E-state index in [4.69, 9.17) is 4.74 Å². The molecule has 0 spiro atoms. The third kappa shape index (κ3) is 3.90. The number of hydrogen-bond donors (Lipinski definition) is 0. The number of unbranched alkanes of at least 4 members (excludes halogenated alkanes) is 1. The molecule has 1 aliphatic rings. The third-order valence-electron chi connectivity index (χ3n) is 4.67. The molecule has 0 saturated heterocycles. The summed E-state index contributed by atoms with van der Waals surface area (Å²) in [7, 11) is 1.65. The monoisotopic (exact) mass is 342 g/mol. The van der Waals surface area contributed by atoms with Gasteiger partial charge in [0.25, 0.3) is 0 Å². The number of aromatic nitrogens is 3. The molecule has 6 nitrogen and oxygen atoms in total. The van der Waals surface area contributed by atoms with Gasteiger partial charge in [0.2, 0.25) is 5.91 Å². The van der Waals surface area contributed by atoms with E-state index in [1.807, 2.05) is 23.1 Å². The molecule has 1 aromatic heterocycles. The Hall–Kier alpha value is -2.21. The van der Waals surface area contributed by atoms with Gasteiger partial charge in [-0.05, 0) is 12.0 Å². The van der Waals surface area contributed by atoms with Crippen LogP contribution in [0.1, 0.15) is 43.0 Å². The molecular formula is C19H26N4O2. The number of rotatable bonds is 8. The molecule has 0 unspecified atom stereocenters. The molecule has 25 heavy (non-hydrogen) atoms. The average Bonchev–Trinajstić information content (AvgIpc) is 3.04. The Morgan fingerprint density at radius 1 is 1.24 bits per heavy atom. The van der Waals surface area contributed by atoms with Gasteiger partial charge < -0.3 is 14.2 Å². The summed E-state index contributed by atoms with van der Waals surface area (Å²) in [5.41, 5.74) is 1.15. The van der Waals surface area contributed by atoms with Gasteiger partial charge in [0, 0.05) is 26.5 Å². The lowest BCUT2D eigenvalue weighted by atomic mass is 10.0. The highest BCUT2D eigenvalue weighted by Crippen LogP contribution is 2.27. The minimum Gasteiger partial charge on any atom is -0.383 e. The molecule has 1 amide bonds. The van der Waals surface area contributed by atoms with Crippen molar-refractivity contribution in [1.29, 1.82) is 0 Å². The number of fused-ring (bicyclic) bond motifs is 1. The first-order valence-electron chi connectivity index (χ1n) is 8.99. The summed E-state index contributed by atoms with van der Waals surface area (Å²) in [5.74, 6) is 1.94. The number of carbonyl (C=O) groups excluding carboxylic acids is 1. The number of ether oxygens (including phenoxy) is 1. The lowest BCUT2D eigenvalue weighted by Gasteiger charge is -2.34. The first-order chi connectivity index (χ1) is 12.2. The standard InChI is InChI=1S/C19H26N4O2/c1-3-4-10-17-20-21-18-14-22(11-12-25-2)19(24)16(23(17)18)13-15-8-6-5-7-9-15/h5-9,16H,3-4,10-14H2,1-2H3/t16-/m1/s1. The van der Waals surface area contributed by atoms with Gasteiger partial charge in [-0.15, -0.1) is 10.2 Å². The van der Waals surface area contributed by atoms with Crippen LogP contribution in [0.2, 0.25) is 0 Å². The van der Waals surface area contributed by atoms with Crippen molar-refractivity contribution in [3.63, 3.8) is 0 Å². The molecule has 0 aliphatic carbocycles. The Morgan fingerprint density at radius 2 is 2.04 bits per heavy atom. The van der Waals surface area contributed by atoms with Crippen molar-refractivity contribution < 1.29 is 9.53 Å². The number of methoxy groups -OCH3 is 1. The van der Waals surface area contributed by atoms with Crippen molar-refractivity contribution >= 4 is 5.91 Å². The van der Waals surface area contributed by atoms with Gasteiger partial charge in [0.1, 0.15) is 11.9 Å². The van der Waals surface area contributed by atoms with E-state index in [2.05, 4.69) is 33.8 Å². The third-order valence-corrected chi connectivity index (χ3v) is 4.67. The second-order valence-corrected chi connectivity index (χ2v) is 6.46. The minimum absolute atomic E-state index is 0.131. The van der Waals surface area contributed by atoms with Gasteiger partial charge in [0.15, 0.2) is 5.82 Å². The maximum Gasteiger partial charge on any atom is 0.246 e. The summed E-state index contributed by atoms with van der Waals surface area (Å²) in [6.07, 6.45) is 3.67. The zero-order valence-corrected chi connectivity index (χ0v) is 15.0. The van der Waals surface area contributed by atoms with Crippen LogP contribution in [0.15, 0.2) is 30.3 Å². The first kappa shape index (κ1) is 17.6. The molecule has 0 N–H and O–H groups in total. The first-order valence-corrected chi connectivity index (χ1v) is 8.99. The maximum atomic E-state index is 13.1. The molecule has 6 heteroatoms. The van der Waals surface area contributed by atoms with Crippen molar-refractivity contribution in [2.24, 2.45) is 0 Å². The molecule has 0 saturated carbocycles. The van der Waals surface area contributed by atoms with Crippen molar-refractivity contribution in [3.8, 4) is 0 Å². The lowest BCUT2D eigenvalue weighted by Crippen LogP contribution is -2.45. The second kappa shape index (κ2) is 8.25. The van der Waals surface area contributed by atoms with Crippen LogP contribution in [0.4, 0.5) is 0 Å². The van der Waals surface area contributed by atoms with Crippen LogP contribution in [-0.4, -0.2) is 45.8 Å². The summed E-state index contributed by atoms with van der Waals surface area (Å²) in [6, 6.07) is 9.87. The zero-order chi connectivity index (χ0) is 17.6. The van der Waals surface area contributed by atoms with Crippen molar-refractivity contribution in [1.82, 2.24) is 19.7 Å². The van der Waals surface area contributed by atoms with E-state index in [1.165, 1.54) is 0 Å². The van der Waals surface area contributed by atoms with Crippen LogP contribution in [0.5, 0.6) is 0 Å². The van der Waals surface area contributed by atoms with Gasteiger partial charge in [0.05, 0.1) is 13.2 Å². The molecule has 1 aromatic carbocycles. The quantitative estimate of drug-likeness (QED) is 0.739. The second-order valence-electron chi connectivity index (χ2n) is 6.46. The molecule has 3 rings (SSSR count). The van der Waals surface area contributed by atoms with Crippen LogP contribution < -0.4 is 0 Å². The SMILES string of the molecule is CCCCc1nnc2n1[C@H](Cc1ccccc1)C(=O)N(CCOC)C2. The average molecular weight is 342 g/mol. The Kier molecular flexibility index (Phi) is 5.81. The van der Waals surface area contributed by atoms with Gasteiger partial charge in [-0.2, -0.15) is 0 Å². The van der Waals surface area contributed by atoms with E-state index in [0.29, 0.717) is 26.1 Å². The van der Waals surface area contributed by atoms with E-state index in [0.717, 1.165) is 36.5 Å². The Balaban J connectivity index is 1.91. The fraction of sp³-hybridized carbons (Fsp3) is 0.526. The smallest absolute Gasteiger partial charge is 0.246 e. The topological polar surface area (TPSA) is 60.2 Å². The summed E-state index contributed by atoms with van der Waals surface area (Å²) in [5, 5.41) is 8.75. The van der Waals surface area contributed by atoms with Crippen molar-refractivity contribution in [3.05, 3.63) is 47.5 Å². The highest BCUT2D eigenvalue weighted by atomic mass is 16.5. The molecule has 1 aliphatic heterocycles. The predicted octanol–water partition coefficient (Wildman–Crippen LogP) is 2.39. The molecule has 2 heterocycles. The van der Waals surface area contributed by atoms with Crippen LogP contribution in [-0.2, 0) is 28.9 Å². The molecule has 0 fully saturated rings. The van der Waals surface area contributed by atoms with Gasteiger partial charge in [-0.3, -0.25) is 4.79 Å². The molecule has 1 atom stereocenters. The van der Waals surface area contributed by atoms with Crippen LogP contribution in [0.25, 0.3) is 0 Å². The Morgan fingerprint density at radius 3 is 2.76 bits per heavy atom. The fourth-order valence-electron chi connectivity index (χ4n) is 3.31. The summed E-state index contributed by atoms with van der Waals surface area (Å²) in [4.78, 5) is 15.0. The summed E-state index contributed by atoms with van der Waals surface area (Å²) in [6.45, 7) is 3.78. The number of nitrogens with zero attached hydrogens (tertiary/aromatic N) is 4. The zero-order valence-electron chi connectivity index (χ0n) is 15.0. The molecule has 0 bridgehead atoms. The van der Waals surface area contributed by atoms with Crippen LogP contribution >= 0.6 is 0 Å². The summed E-state index contributed by atoms with van der Waals surface area (Å²) >= 11 is 0. The minimum atomic E-state index is -0.273. The van der Waals surface area contributed by atoms with Gasteiger partial charge >= 0.3 is 0 Å². The van der Waals surface area contributed by atoms with E-state index >= 15 is 0 Å². The van der Waals surface area contributed by atoms with Gasteiger partial charge in [-0.1, -0.05) is 43.7 Å². The number of carbonyl (C=O) groups is 1. The summed E-state index contributed by atoms with van der Waals surface area (Å²) < 4.78 is 7.23. The molecular weight excluding hydrogens is 316 g/mol. The van der Waals surface area contributed by atoms with E-state index < -0.39 is 0 Å². The van der Waals surface area contributed by atoms with Gasteiger partial charge in [-0.25, -0.2) is 0 Å². The number of amides is 1. The fourth-order valence-corrected chi connectivity index (χ4v) is 3.31. The Labute approximate surface area is 148 Å². The van der Waals surface area contributed by atoms with Crippen LogP contribution in [0, 0.1) is 0 Å². The lowest BCUT2D eigenvalue weighted by molar-refractivity contribution is -0.138. The van der Waals surface area contributed by atoms with Crippen molar-refractivity contribution in [2.75, 3.05) is 20.3 Å². The highest BCUT2D eigenvalue weighted by molar-refractivity contribution is 5.82. The molecule has 2 aromatic rings.